The molecular weight excluding hydrogens is 424 g/mol. The molecule has 34 heavy (non-hydrogen) atoms. The van der Waals surface area contributed by atoms with Crippen LogP contribution in [0, 0.1) is 18.3 Å². The van der Waals surface area contributed by atoms with E-state index in [1.165, 1.54) is 0 Å². The number of nitrogens with zero attached hydrogens (tertiary/aromatic N) is 4. The van der Waals surface area contributed by atoms with E-state index >= 15 is 0 Å². The Morgan fingerprint density at radius 1 is 1.12 bits per heavy atom. The number of H-pyrrole nitrogens is 1. The largest absolute Gasteiger partial charge is 0.489 e. The standard InChI is InChI=1S/C27H24N6O/c1-3-33-15-21(19-13-30-31-14-19)25-24(26(29)22(12-28)32-27(25)33)20-10-7-11-23(17(20)2)34-16-18-8-5-4-6-9-18/h4-11,13-15H,3,16,29H2,1-2H3,(H,30,31). The molecule has 3 aromatic heterocycles. The summed E-state index contributed by atoms with van der Waals surface area (Å²) in [6.45, 7) is 5.23. The number of hydrogen-bond acceptors (Lipinski definition) is 5. The van der Waals surface area contributed by atoms with Crippen molar-refractivity contribution in [3.63, 3.8) is 0 Å². The Morgan fingerprint density at radius 2 is 1.94 bits per heavy atom. The molecule has 0 amide bonds. The van der Waals surface area contributed by atoms with E-state index in [2.05, 4.69) is 21.3 Å². The number of pyridine rings is 1. The first-order valence-electron chi connectivity index (χ1n) is 11.1. The van der Waals surface area contributed by atoms with Gasteiger partial charge in [-0.2, -0.15) is 10.4 Å². The second-order valence-electron chi connectivity index (χ2n) is 8.08. The van der Waals surface area contributed by atoms with Gasteiger partial charge in [-0.25, -0.2) is 4.98 Å². The van der Waals surface area contributed by atoms with Crippen LogP contribution in [0.3, 0.4) is 0 Å². The van der Waals surface area contributed by atoms with Crippen LogP contribution in [0.5, 0.6) is 5.75 Å². The molecule has 3 N–H and O–H groups in total. The van der Waals surface area contributed by atoms with Crippen LogP contribution in [0.4, 0.5) is 5.69 Å². The van der Waals surface area contributed by atoms with Gasteiger partial charge < -0.3 is 15.0 Å². The van der Waals surface area contributed by atoms with E-state index in [4.69, 9.17) is 10.5 Å². The van der Waals surface area contributed by atoms with Gasteiger partial charge in [-0.1, -0.05) is 42.5 Å². The smallest absolute Gasteiger partial charge is 0.166 e. The van der Waals surface area contributed by atoms with Gasteiger partial charge >= 0.3 is 0 Å². The molecule has 0 bridgehead atoms. The number of nitriles is 1. The highest BCUT2D eigenvalue weighted by molar-refractivity contribution is 6.09. The first-order chi connectivity index (χ1) is 16.6. The van der Waals surface area contributed by atoms with Crippen LogP contribution >= 0.6 is 0 Å². The van der Waals surface area contributed by atoms with E-state index in [9.17, 15) is 5.26 Å². The maximum Gasteiger partial charge on any atom is 0.166 e. The number of fused-ring (bicyclic) bond motifs is 1. The Kier molecular flexibility index (Phi) is 5.48. The number of nitrogens with one attached hydrogen (secondary N) is 1. The van der Waals surface area contributed by atoms with E-state index in [-0.39, 0.29) is 5.69 Å². The molecular formula is C27H24N6O. The second-order valence-corrected chi connectivity index (χ2v) is 8.08. The Morgan fingerprint density at radius 3 is 2.65 bits per heavy atom. The highest BCUT2D eigenvalue weighted by Gasteiger charge is 2.23. The number of ether oxygens (including phenoxy) is 1. The molecule has 0 unspecified atom stereocenters. The van der Waals surface area contributed by atoms with Gasteiger partial charge in [0.1, 0.15) is 24.1 Å². The minimum Gasteiger partial charge on any atom is -0.489 e. The molecule has 5 aromatic rings. The molecule has 0 saturated heterocycles. The lowest BCUT2D eigenvalue weighted by molar-refractivity contribution is 0.304. The van der Waals surface area contributed by atoms with Crippen molar-refractivity contribution in [2.24, 2.45) is 0 Å². The molecule has 7 nitrogen and oxygen atoms in total. The summed E-state index contributed by atoms with van der Waals surface area (Å²) in [4.78, 5) is 4.62. The number of rotatable bonds is 6. The molecule has 0 spiro atoms. The van der Waals surface area contributed by atoms with Gasteiger partial charge in [-0.3, -0.25) is 5.10 Å². The maximum atomic E-state index is 9.80. The third-order valence-corrected chi connectivity index (χ3v) is 6.09. The van der Waals surface area contributed by atoms with E-state index in [1.807, 2.05) is 79.3 Å². The molecule has 0 saturated carbocycles. The van der Waals surface area contributed by atoms with Gasteiger partial charge in [-0.15, -0.1) is 0 Å². The molecule has 0 aliphatic rings. The Labute approximate surface area is 197 Å². The molecule has 0 atom stereocenters. The van der Waals surface area contributed by atoms with E-state index in [0.29, 0.717) is 18.8 Å². The van der Waals surface area contributed by atoms with E-state index in [1.54, 1.807) is 6.20 Å². The zero-order valence-corrected chi connectivity index (χ0v) is 19.0. The van der Waals surface area contributed by atoms with Gasteiger partial charge in [-0.05, 0) is 36.6 Å². The molecule has 0 aliphatic heterocycles. The Balaban J connectivity index is 1.73. The van der Waals surface area contributed by atoms with Crippen molar-refractivity contribution in [2.45, 2.75) is 27.0 Å². The summed E-state index contributed by atoms with van der Waals surface area (Å²) in [5.41, 5.74) is 13.5. The van der Waals surface area contributed by atoms with Gasteiger partial charge in [0.05, 0.1) is 11.9 Å². The quantitative estimate of drug-likeness (QED) is 0.359. The van der Waals surface area contributed by atoms with Crippen LogP contribution in [-0.2, 0) is 13.2 Å². The molecule has 0 aliphatic carbocycles. The summed E-state index contributed by atoms with van der Waals surface area (Å²) in [6.07, 6.45) is 5.66. The number of benzene rings is 2. The number of aromatic nitrogens is 4. The third-order valence-electron chi connectivity index (χ3n) is 6.09. The predicted octanol–water partition coefficient (Wildman–Crippen LogP) is 5.45. The summed E-state index contributed by atoms with van der Waals surface area (Å²) in [7, 11) is 0. The molecule has 2 aromatic carbocycles. The third kappa shape index (κ3) is 3.55. The average molecular weight is 449 g/mol. The molecule has 168 valence electrons. The van der Waals surface area contributed by atoms with Crippen LogP contribution in [0.2, 0.25) is 0 Å². The van der Waals surface area contributed by atoms with Gasteiger partial charge in [0.25, 0.3) is 0 Å². The maximum absolute atomic E-state index is 9.80. The zero-order valence-electron chi connectivity index (χ0n) is 19.0. The zero-order chi connectivity index (χ0) is 23.7. The van der Waals surface area contributed by atoms with Crippen molar-refractivity contribution in [3.05, 3.63) is 83.9 Å². The number of hydrogen-bond donors (Lipinski definition) is 2. The first kappa shape index (κ1) is 21.3. The number of anilines is 1. The van der Waals surface area contributed by atoms with E-state index in [0.717, 1.165) is 50.2 Å². The van der Waals surface area contributed by atoms with Crippen molar-refractivity contribution in [2.75, 3.05) is 5.73 Å². The lowest BCUT2D eigenvalue weighted by Crippen LogP contribution is -2.03. The van der Waals surface area contributed by atoms with Crippen LogP contribution in [0.25, 0.3) is 33.3 Å². The summed E-state index contributed by atoms with van der Waals surface area (Å²) < 4.78 is 8.21. The molecule has 5 rings (SSSR count). The molecule has 3 heterocycles. The number of aromatic amines is 1. The normalized spacial score (nSPS) is 11.0. The first-order valence-corrected chi connectivity index (χ1v) is 11.1. The Bertz CT molecular complexity index is 1510. The summed E-state index contributed by atoms with van der Waals surface area (Å²) >= 11 is 0. The van der Waals surface area contributed by atoms with Crippen LogP contribution < -0.4 is 10.5 Å². The number of nitrogens with two attached hydrogens (primary N) is 1. The van der Waals surface area contributed by atoms with Crippen LogP contribution in [0.1, 0.15) is 23.7 Å². The molecule has 7 heteroatoms. The fourth-order valence-corrected chi connectivity index (χ4v) is 4.33. The lowest BCUT2D eigenvalue weighted by Gasteiger charge is -2.16. The van der Waals surface area contributed by atoms with Crippen molar-refractivity contribution < 1.29 is 4.74 Å². The lowest BCUT2D eigenvalue weighted by atomic mass is 9.93. The minimum atomic E-state index is 0.212. The molecule has 0 radical (unpaired) electrons. The summed E-state index contributed by atoms with van der Waals surface area (Å²) in [6, 6.07) is 18.1. The highest BCUT2D eigenvalue weighted by Crippen LogP contribution is 2.43. The van der Waals surface area contributed by atoms with Crippen molar-refractivity contribution in [1.29, 1.82) is 5.26 Å². The second kappa shape index (κ2) is 8.75. The highest BCUT2D eigenvalue weighted by atomic mass is 16.5. The Hall–Kier alpha value is -4.57. The average Bonchev–Trinajstić information content (AvgIpc) is 3.52. The monoisotopic (exact) mass is 448 g/mol. The SMILES string of the molecule is CCn1cc(-c2cn[nH]c2)c2c(-c3cccc(OCc4ccccc4)c3C)c(N)c(C#N)nc21. The number of nitrogen functional groups attached to an aromatic ring is 1. The van der Waals surface area contributed by atoms with Gasteiger partial charge in [0.2, 0.25) is 0 Å². The summed E-state index contributed by atoms with van der Waals surface area (Å²) in [5, 5.41) is 17.7. The van der Waals surface area contributed by atoms with Crippen molar-refractivity contribution in [3.8, 4) is 34.1 Å². The van der Waals surface area contributed by atoms with Crippen molar-refractivity contribution in [1.82, 2.24) is 19.7 Å². The van der Waals surface area contributed by atoms with Crippen molar-refractivity contribution >= 4 is 16.7 Å². The topological polar surface area (TPSA) is 106 Å². The van der Waals surface area contributed by atoms with E-state index < -0.39 is 0 Å². The summed E-state index contributed by atoms with van der Waals surface area (Å²) in [5.74, 6) is 0.768. The van der Waals surface area contributed by atoms with Crippen LogP contribution in [-0.4, -0.2) is 19.7 Å². The molecule has 0 fully saturated rings. The van der Waals surface area contributed by atoms with Gasteiger partial charge in [0, 0.05) is 41.0 Å². The number of aryl methyl sites for hydroxylation is 1. The van der Waals surface area contributed by atoms with Crippen LogP contribution in [0.15, 0.2) is 67.1 Å². The predicted molar refractivity (Wildman–Crippen MR) is 133 cm³/mol. The fraction of sp³-hybridized carbons (Fsp3) is 0.148. The minimum absolute atomic E-state index is 0.212. The fourth-order valence-electron chi connectivity index (χ4n) is 4.33. The van der Waals surface area contributed by atoms with Gasteiger partial charge in [0.15, 0.2) is 5.69 Å².